The first kappa shape index (κ1) is 23.4. The molecule has 8 heteroatoms. The summed E-state index contributed by atoms with van der Waals surface area (Å²) in [6.45, 7) is 0.523. The number of carbonyl (C=O) groups excluding carboxylic acids is 3. The highest BCUT2D eigenvalue weighted by Crippen LogP contribution is 2.43. The number of benzene rings is 2. The minimum absolute atomic E-state index is 0.0999. The van der Waals surface area contributed by atoms with Crippen molar-refractivity contribution in [2.75, 3.05) is 16.8 Å². The second kappa shape index (κ2) is 9.44. The number of hydrogen-bond donors (Lipinski definition) is 1. The third kappa shape index (κ3) is 4.60. The maximum atomic E-state index is 13.6. The number of aryl methyl sites for hydroxylation is 1. The minimum Gasteiger partial charge on any atom is -0.321 e. The number of thiophene rings is 1. The van der Waals surface area contributed by atoms with E-state index in [0.29, 0.717) is 42.2 Å². The fourth-order valence-corrected chi connectivity index (χ4v) is 5.97. The molecule has 186 valence electrons. The number of nitrogens with one attached hydrogen (secondary N) is 1. The number of Topliss-reactive ketones (excluding diaryl/α,β-unsaturated/α-hetero) is 1. The van der Waals surface area contributed by atoms with Crippen molar-refractivity contribution in [3.63, 3.8) is 0 Å². The average Bonchev–Trinajstić information content (AvgIpc) is 3.49. The van der Waals surface area contributed by atoms with Crippen LogP contribution in [0.4, 0.5) is 11.4 Å². The Morgan fingerprint density at radius 3 is 2.57 bits per heavy atom. The fourth-order valence-electron chi connectivity index (χ4n) is 4.77. The molecule has 2 aromatic carbocycles. The lowest BCUT2D eigenvalue weighted by atomic mass is 10.1. The molecule has 0 bridgehead atoms. The Kier molecular flexibility index (Phi) is 5.96. The van der Waals surface area contributed by atoms with Gasteiger partial charge in [-0.05, 0) is 73.2 Å². The summed E-state index contributed by atoms with van der Waals surface area (Å²) in [4.78, 5) is 42.6. The van der Waals surface area contributed by atoms with Gasteiger partial charge in [-0.3, -0.25) is 19.1 Å². The van der Waals surface area contributed by atoms with Gasteiger partial charge >= 0.3 is 0 Å². The van der Waals surface area contributed by atoms with Crippen LogP contribution in [0.2, 0.25) is 0 Å². The molecular weight excluding hydrogens is 484 g/mol. The second-order valence-corrected chi connectivity index (χ2v) is 10.7. The SMILES string of the molecule is Cn1nccc1C(=O)Nc1ccc(C(=O)N2CCc3cc(C(=O)CC4CC4)sc3-c3ccccc32)cc1. The largest absolute Gasteiger partial charge is 0.321 e. The zero-order chi connectivity index (χ0) is 25.5. The van der Waals surface area contributed by atoms with Crippen molar-refractivity contribution in [3.8, 4) is 10.4 Å². The van der Waals surface area contributed by atoms with E-state index in [2.05, 4.69) is 10.4 Å². The summed E-state index contributed by atoms with van der Waals surface area (Å²) < 4.78 is 1.51. The average molecular weight is 511 g/mol. The summed E-state index contributed by atoms with van der Waals surface area (Å²) in [7, 11) is 1.71. The number of ketones is 1. The number of aromatic nitrogens is 2. The van der Waals surface area contributed by atoms with Gasteiger partial charge in [0.2, 0.25) is 0 Å². The van der Waals surface area contributed by atoms with Crippen LogP contribution in [0.5, 0.6) is 0 Å². The molecule has 0 unspecified atom stereocenters. The van der Waals surface area contributed by atoms with Crippen LogP contribution < -0.4 is 10.2 Å². The highest BCUT2D eigenvalue weighted by molar-refractivity contribution is 7.17. The van der Waals surface area contributed by atoms with E-state index in [1.54, 1.807) is 54.9 Å². The molecule has 37 heavy (non-hydrogen) atoms. The zero-order valence-electron chi connectivity index (χ0n) is 20.4. The van der Waals surface area contributed by atoms with E-state index in [4.69, 9.17) is 0 Å². The first-order chi connectivity index (χ1) is 18.0. The van der Waals surface area contributed by atoms with Crippen molar-refractivity contribution >= 4 is 40.3 Å². The van der Waals surface area contributed by atoms with Crippen LogP contribution >= 0.6 is 11.3 Å². The Bertz CT molecular complexity index is 1510. The second-order valence-electron chi connectivity index (χ2n) is 9.63. The maximum absolute atomic E-state index is 13.6. The van der Waals surface area contributed by atoms with Crippen LogP contribution in [-0.4, -0.2) is 33.9 Å². The molecule has 4 aromatic rings. The van der Waals surface area contributed by atoms with E-state index in [1.807, 2.05) is 35.2 Å². The van der Waals surface area contributed by atoms with E-state index in [0.717, 1.165) is 39.4 Å². The fraction of sp³-hybridized carbons (Fsp3) is 0.241. The van der Waals surface area contributed by atoms with Gasteiger partial charge in [0.05, 0.1) is 10.6 Å². The van der Waals surface area contributed by atoms with Crippen LogP contribution in [0.3, 0.4) is 0 Å². The minimum atomic E-state index is -0.262. The highest BCUT2D eigenvalue weighted by atomic mass is 32.1. The third-order valence-corrected chi connectivity index (χ3v) is 8.24. The molecule has 0 atom stereocenters. The molecular formula is C29H26N4O3S. The van der Waals surface area contributed by atoms with Gasteiger partial charge in [0.1, 0.15) is 5.69 Å². The first-order valence-electron chi connectivity index (χ1n) is 12.4. The summed E-state index contributed by atoms with van der Waals surface area (Å²) in [6.07, 6.45) is 5.22. The maximum Gasteiger partial charge on any atom is 0.273 e. The van der Waals surface area contributed by atoms with Crippen LogP contribution in [0.25, 0.3) is 10.4 Å². The summed E-state index contributed by atoms with van der Waals surface area (Å²) in [5.74, 6) is 0.435. The Morgan fingerprint density at radius 1 is 1.05 bits per heavy atom. The number of fused-ring (bicyclic) bond motifs is 3. The third-order valence-electron chi connectivity index (χ3n) is 6.99. The molecule has 1 saturated carbocycles. The van der Waals surface area contributed by atoms with E-state index in [9.17, 15) is 14.4 Å². The molecule has 1 fully saturated rings. The summed E-state index contributed by atoms with van der Waals surface area (Å²) >= 11 is 1.55. The highest BCUT2D eigenvalue weighted by Gasteiger charge is 2.29. The Balaban J connectivity index is 1.23. The molecule has 6 rings (SSSR count). The Labute approximate surface area is 218 Å². The molecule has 2 amide bonds. The molecule has 1 aliphatic heterocycles. The number of anilines is 2. The van der Waals surface area contributed by atoms with E-state index in [1.165, 1.54) is 4.68 Å². The molecule has 0 spiro atoms. The van der Waals surface area contributed by atoms with Gasteiger partial charge in [0, 0.05) is 47.9 Å². The van der Waals surface area contributed by atoms with Crippen molar-refractivity contribution < 1.29 is 14.4 Å². The molecule has 3 heterocycles. The van der Waals surface area contributed by atoms with Crippen LogP contribution in [0, 0.1) is 5.92 Å². The number of para-hydroxylation sites is 1. The monoisotopic (exact) mass is 510 g/mol. The quantitative estimate of drug-likeness (QED) is 0.343. The van der Waals surface area contributed by atoms with Crippen molar-refractivity contribution in [2.45, 2.75) is 25.7 Å². The number of rotatable bonds is 6. The zero-order valence-corrected chi connectivity index (χ0v) is 21.3. The molecule has 7 nitrogen and oxygen atoms in total. The number of hydrogen-bond acceptors (Lipinski definition) is 5. The van der Waals surface area contributed by atoms with Crippen LogP contribution in [0.15, 0.2) is 66.9 Å². The molecule has 0 saturated heterocycles. The summed E-state index contributed by atoms with van der Waals surface area (Å²) in [5, 5.41) is 6.87. The molecule has 2 aromatic heterocycles. The predicted molar refractivity (Wildman–Crippen MR) is 144 cm³/mol. The van der Waals surface area contributed by atoms with Gasteiger partial charge in [-0.15, -0.1) is 11.3 Å². The van der Waals surface area contributed by atoms with E-state index >= 15 is 0 Å². The van der Waals surface area contributed by atoms with Gasteiger partial charge in [-0.2, -0.15) is 5.10 Å². The first-order valence-corrected chi connectivity index (χ1v) is 13.3. The van der Waals surface area contributed by atoms with Crippen molar-refractivity contribution in [2.24, 2.45) is 13.0 Å². The number of carbonyl (C=O) groups is 3. The standard InChI is InChI=1S/C29H26N4O3S/c1-32-24(12-14-30-32)28(35)31-21-10-8-19(9-11-21)29(36)33-15-13-20-17-26(25(34)16-18-6-7-18)37-27(20)22-4-2-3-5-23(22)33/h2-5,8-12,14,17-18H,6-7,13,15-16H2,1H3,(H,31,35). The van der Waals surface area contributed by atoms with Crippen LogP contribution in [-0.2, 0) is 13.5 Å². The van der Waals surface area contributed by atoms with Gasteiger partial charge in [0.25, 0.3) is 11.8 Å². The van der Waals surface area contributed by atoms with Crippen molar-refractivity contribution in [1.29, 1.82) is 0 Å². The summed E-state index contributed by atoms with van der Waals surface area (Å²) in [5.41, 5.74) is 4.55. The molecule has 0 radical (unpaired) electrons. The van der Waals surface area contributed by atoms with Gasteiger partial charge < -0.3 is 10.2 Å². The number of nitrogens with zero attached hydrogens (tertiary/aromatic N) is 3. The Morgan fingerprint density at radius 2 is 1.84 bits per heavy atom. The van der Waals surface area contributed by atoms with E-state index in [-0.39, 0.29) is 17.6 Å². The molecule has 1 aliphatic carbocycles. The normalized spacial score (nSPS) is 14.5. The topological polar surface area (TPSA) is 84.3 Å². The van der Waals surface area contributed by atoms with Crippen molar-refractivity contribution in [3.05, 3.63) is 88.6 Å². The van der Waals surface area contributed by atoms with Crippen LogP contribution in [0.1, 0.15) is 55.3 Å². The molecule has 2 aliphatic rings. The lowest BCUT2D eigenvalue weighted by molar-refractivity contribution is 0.0974. The van der Waals surface area contributed by atoms with Gasteiger partial charge in [-0.1, -0.05) is 18.2 Å². The van der Waals surface area contributed by atoms with Crippen molar-refractivity contribution in [1.82, 2.24) is 9.78 Å². The van der Waals surface area contributed by atoms with Gasteiger partial charge in [0.15, 0.2) is 5.78 Å². The predicted octanol–water partition coefficient (Wildman–Crippen LogP) is 5.59. The molecule has 1 N–H and O–H groups in total. The lowest BCUT2D eigenvalue weighted by Gasteiger charge is -2.23. The van der Waals surface area contributed by atoms with E-state index < -0.39 is 0 Å². The smallest absolute Gasteiger partial charge is 0.273 e. The van der Waals surface area contributed by atoms with Gasteiger partial charge in [-0.25, -0.2) is 0 Å². The summed E-state index contributed by atoms with van der Waals surface area (Å²) in [6, 6.07) is 18.5. The number of amides is 2. The lowest BCUT2D eigenvalue weighted by Crippen LogP contribution is -2.32. The Hall–Kier alpha value is -4.04.